The van der Waals surface area contributed by atoms with Crippen LogP contribution in [0.15, 0.2) is 48.8 Å². The zero-order valence-electron chi connectivity index (χ0n) is 10.6. The number of pyridine rings is 1. The molecule has 0 spiro atoms. The molecule has 3 rings (SSSR count). The molecule has 1 aromatic carbocycles. The molecule has 0 radical (unpaired) electrons. The molecule has 1 aliphatic carbocycles. The Balaban J connectivity index is 1.89. The zero-order chi connectivity index (χ0) is 12.4. The van der Waals surface area contributed by atoms with Gasteiger partial charge in [-0.05, 0) is 35.7 Å². The number of hydrogen-bond donors (Lipinski definition) is 1. The molecule has 2 heteroatoms. The van der Waals surface area contributed by atoms with Crippen LogP contribution in [0.3, 0.4) is 0 Å². The topological polar surface area (TPSA) is 24.9 Å². The van der Waals surface area contributed by atoms with Gasteiger partial charge in [0, 0.05) is 24.4 Å². The average Bonchev–Trinajstić information content (AvgIpc) is 2.40. The minimum Gasteiger partial charge on any atom is -0.310 e. The minimum atomic E-state index is 0.388. The second-order valence-corrected chi connectivity index (χ2v) is 4.83. The van der Waals surface area contributed by atoms with Gasteiger partial charge in [0.15, 0.2) is 0 Å². The standard InChI is InChI=1S/C16H18N2/c1-2-18-16(13-7-5-9-17-11-13)15-10-12-6-3-4-8-14(12)15/h3-9,11,15-16,18H,2,10H2,1H3. The van der Waals surface area contributed by atoms with Crippen LogP contribution in [0.1, 0.15) is 35.6 Å². The van der Waals surface area contributed by atoms with Gasteiger partial charge in [-0.2, -0.15) is 0 Å². The summed E-state index contributed by atoms with van der Waals surface area (Å²) in [6.07, 6.45) is 4.98. The average molecular weight is 238 g/mol. The molecule has 0 aliphatic heterocycles. The third-order valence-electron chi connectivity index (χ3n) is 3.76. The van der Waals surface area contributed by atoms with Crippen LogP contribution in [0.5, 0.6) is 0 Å². The van der Waals surface area contributed by atoms with Gasteiger partial charge in [0.05, 0.1) is 0 Å². The molecule has 1 N–H and O–H groups in total. The van der Waals surface area contributed by atoms with Crippen LogP contribution in [0.25, 0.3) is 0 Å². The lowest BCUT2D eigenvalue weighted by molar-refractivity contribution is 0.419. The van der Waals surface area contributed by atoms with Crippen molar-refractivity contribution in [2.24, 2.45) is 0 Å². The molecule has 1 aliphatic rings. The number of aromatic nitrogens is 1. The summed E-state index contributed by atoms with van der Waals surface area (Å²) in [7, 11) is 0. The first-order valence-electron chi connectivity index (χ1n) is 6.61. The highest BCUT2D eigenvalue weighted by Crippen LogP contribution is 2.43. The maximum atomic E-state index is 4.24. The van der Waals surface area contributed by atoms with E-state index < -0.39 is 0 Å². The van der Waals surface area contributed by atoms with Crippen molar-refractivity contribution in [1.29, 1.82) is 0 Å². The van der Waals surface area contributed by atoms with Gasteiger partial charge in [0.25, 0.3) is 0 Å². The highest BCUT2D eigenvalue weighted by atomic mass is 14.9. The SMILES string of the molecule is CCNC(c1cccnc1)C1Cc2ccccc21. The van der Waals surface area contributed by atoms with E-state index in [1.165, 1.54) is 23.1 Å². The van der Waals surface area contributed by atoms with E-state index in [2.05, 4.69) is 47.6 Å². The van der Waals surface area contributed by atoms with Crippen LogP contribution in [-0.4, -0.2) is 11.5 Å². The van der Waals surface area contributed by atoms with Gasteiger partial charge in [-0.15, -0.1) is 0 Å². The summed E-state index contributed by atoms with van der Waals surface area (Å²) in [5, 5.41) is 3.60. The van der Waals surface area contributed by atoms with Crippen LogP contribution in [0.2, 0.25) is 0 Å². The molecule has 1 heterocycles. The Morgan fingerprint density at radius 3 is 2.89 bits per heavy atom. The Morgan fingerprint density at radius 1 is 1.28 bits per heavy atom. The Morgan fingerprint density at radius 2 is 2.17 bits per heavy atom. The molecule has 2 aromatic rings. The number of fused-ring (bicyclic) bond motifs is 1. The van der Waals surface area contributed by atoms with Crippen LogP contribution >= 0.6 is 0 Å². The van der Waals surface area contributed by atoms with E-state index in [9.17, 15) is 0 Å². The van der Waals surface area contributed by atoms with Crippen molar-refractivity contribution in [1.82, 2.24) is 10.3 Å². The second-order valence-electron chi connectivity index (χ2n) is 4.83. The normalized spacial score (nSPS) is 18.8. The van der Waals surface area contributed by atoms with Crippen molar-refractivity contribution in [2.45, 2.75) is 25.3 Å². The van der Waals surface area contributed by atoms with E-state index in [-0.39, 0.29) is 0 Å². The molecule has 0 saturated carbocycles. The first kappa shape index (κ1) is 11.4. The molecule has 2 nitrogen and oxygen atoms in total. The number of nitrogens with zero attached hydrogens (tertiary/aromatic N) is 1. The number of benzene rings is 1. The maximum absolute atomic E-state index is 4.24. The third-order valence-corrected chi connectivity index (χ3v) is 3.76. The van der Waals surface area contributed by atoms with E-state index in [0.717, 1.165) is 6.54 Å². The van der Waals surface area contributed by atoms with Gasteiger partial charge in [0.2, 0.25) is 0 Å². The fourth-order valence-electron chi connectivity index (χ4n) is 2.87. The number of rotatable bonds is 4. The summed E-state index contributed by atoms with van der Waals surface area (Å²) >= 11 is 0. The van der Waals surface area contributed by atoms with E-state index >= 15 is 0 Å². The summed E-state index contributed by atoms with van der Waals surface area (Å²) < 4.78 is 0. The largest absolute Gasteiger partial charge is 0.310 e. The summed E-state index contributed by atoms with van der Waals surface area (Å²) in [5.74, 6) is 0.588. The molecule has 92 valence electrons. The number of likely N-dealkylation sites (N-methyl/N-ethyl adjacent to an activating group) is 1. The number of nitrogens with one attached hydrogen (secondary N) is 1. The fraction of sp³-hybridized carbons (Fsp3) is 0.312. The van der Waals surface area contributed by atoms with Gasteiger partial charge in [0.1, 0.15) is 0 Å². The van der Waals surface area contributed by atoms with Gasteiger partial charge >= 0.3 is 0 Å². The van der Waals surface area contributed by atoms with Crippen molar-refractivity contribution in [3.8, 4) is 0 Å². The van der Waals surface area contributed by atoms with Crippen molar-refractivity contribution >= 4 is 0 Å². The third kappa shape index (κ3) is 1.93. The lowest BCUT2D eigenvalue weighted by atomic mass is 9.72. The van der Waals surface area contributed by atoms with Gasteiger partial charge in [-0.3, -0.25) is 4.98 Å². The van der Waals surface area contributed by atoms with E-state index in [4.69, 9.17) is 0 Å². The Hall–Kier alpha value is -1.67. The molecular formula is C16H18N2. The molecule has 2 atom stereocenters. The lowest BCUT2D eigenvalue weighted by Crippen LogP contribution is -2.33. The Bertz CT molecular complexity index is 522. The summed E-state index contributed by atoms with van der Waals surface area (Å²) in [6, 6.07) is 13.3. The molecule has 2 unspecified atom stereocenters. The first-order valence-corrected chi connectivity index (χ1v) is 6.61. The highest BCUT2D eigenvalue weighted by Gasteiger charge is 2.33. The van der Waals surface area contributed by atoms with Crippen LogP contribution < -0.4 is 5.32 Å². The van der Waals surface area contributed by atoms with E-state index in [1.807, 2.05) is 18.5 Å². The maximum Gasteiger partial charge on any atom is 0.0408 e. The summed E-state index contributed by atoms with van der Waals surface area (Å²) in [6.45, 7) is 3.15. The van der Waals surface area contributed by atoms with Crippen molar-refractivity contribution in [2.75, 3.05) is 6.54 Å². The van der Waals surface area contributed by atoms with Crippen molar-refractivity contribution in [3.05, 3.63) is 65.5 Å². The van der Waals surface area contributed by atoms with Gasteiger partial charge in [-0.1, -0.05) is 37.3 Å². The second kappa shape index (κ2) is 4.91. The molecule has 1 aromatic heterocycles. The Labute approximate surface area is 108 Å². The molecular weight excluding hydrogens is 220 g/mol. The van der Waals surface area contributed by atoms with Gasteiger partial charge in [-0.25, -0.2) is 0 Å². The fourth-order valence-corrected chi connectivity index (χ4v) is 2.87. The molecule has 18 heavy (non-hydrogen) atoms. The molecule has 0 bridgehead atoms. The van der Waals surface area contributed by atoms with Crippen LogP contribution in [0.4, 0.5) is 0 Å². The quantitative estimate of drug-likeness (QED) is 0.885. The lowest BCUT2D eigenvalue weighted by Gasteiger charge is -2.37. The predicted octanol–water partition coefficient (Wildman–Crippen LogP) is 3.07. The van der Waals surface area contributed by atoms with Crippen LogP contribution in [0, 0.1) is 0 Å². The predicted molar refractivity (Wildman–Crippen MR) is 73.5 cm³/mol. The van der Waals surface area contributed by atoms with E-state index in [1.54, 1.807) is 0 Å². The molecule has 0 fully saturated rings. The highest BCUT2D eigenvalue weighted by molar-refractivity contribution is 5.42. The summed E-state index contributed by atoms with van der Waals surface area (Å²) in [4.78, 5) is 4.24. The van der Waals surface area contributed by atoms with Crippen molar-refractivity contribution < 1.29 is 0 Å². The molecule has 0 saturated heterocycles. The summed E-state index contributed by atoms with van der Waals surface area (Å²) in [5.41, 5.74) is 4.28. The first-order chi connectivity index (χ1) is 8.90. The van der Waals surface area contributed by atoms with Gasteiger partial charge < -0.3 is 5.32 Å². The monoisotopic (exact) mass is 238 g/mol. The smallest absolute Gasteiger partial charge is 0.0408 e. The minimum absolute atomic E-state index is 0.388. The van der Waals surface area contributed by atoms with Crippen molar-refractivity contribution in [3.63, 3.8) is 0 Å². The zero-order valence-corrected chi connectivity index (χ0v) is 10.6. The number of hydrogen-bond acceptors (Lipinski definition) is 2. The van der Waals surface area contributed by atoms with E-state index in [0.29, 0.717) is 12.0 Å². The molecule has 0 amide bonds. The van der Waals surface area contributed by atoms with Crippen LogP contribution in [-0.2, 0) is 6.42 Å². The Kier molecular flexibility index (Phi) is 3.11.